The van der Waals surface area contributed by atoms with Crippen molar-refractivity contribution in [3.63, 3.8) is 0 Å². The highest BCUT2D eigenvalue weighted by Crippen LogP contribution is 2.54. The lowest BCUT2D eigenvalue weighted by molar-refractivity contribution is -0.145. The molecule has 0 heterocycles. The van der Waals surface area contributed by atoms with Gasteiger partial charge in [-0.25, -0.2) is 0 Å². The lowest BCUT2D eigenvalue weighted by atomic mass is 9.93. The van der Waals surface area contributed by atoms with Gasteiger partial charge in [0.15, 0.2) is 0 Å². The van der Waals surface area contributed by atoms with Crippen molar-refractivity contribution >= 4 is 23.5 Å². The molecular formula is C11H9ClO4. The van der Waals surface area contributed by atoms with Crippen molar-refractivity contribution in [1.82, 2.24) is 0 Å². The molecule has 4 nitrogen and oxygen atoms in total. The lowest BCUT2D eigenvalue weighted by Crippen LogP contribution is -2.25. The molecule has 2 N–H and O–H groups in total. The van der Waals surface area contributed by atoms with E-state index in [1.807, 2.05) is 0 Å². The Balaban J connectivity index is 2.40. The molecule has 0 aromatic heterocycles. The third-order valence-electron chi connectivity index (χ3n) is 3.00. The van der Waals surface area contributed by atoms with Crippen molar-refractivity contribution in [3.8, 4) is 0 Å². The van der Waals surface area contributed by atoms with Crippen LogP contribution in [0.3, 0.4) is 0 Å². The summed E-state index contributed by atoms with van der Waals surface area (Å²) in [7, 11) is 0. The minimum atomic E-state index is -1.27. The van der Waals surface area contributed by atoms with Crippen LogP contribution in [-0.2, 0) is 15.0 Å². The molecule has 16 heavy (non-hydrogen) atoms. The smallest absolute Gasteiger partial charge is 0.315 e. The zero-order valence-electron chi connectivity index (χ0n) is 8.18. The van der Waals surface area contributed by atoms with E-state index in [1.165, 1.54) is 0 Å². The summed E-state index contributed by atoms with van der Waals surface area (Å²) in [5.74, 6) is -3.01. The van der Waals surface area contributed by atoms with Crippen molar-refractivity contribution in [2.45, 2.75) is 11.8 Å². The van der Waals surface area contributed by atoms with Crippen molar-refractivity contribution in [2.24, 2.45) is 5.92 Å². The van der Waals surface area contributed by atoms with Crippen LogP contribution in [0.1, 0.15) is 12.0 Å². The van der Waals surface area contributed by atoms with E-state index in [1.54, 1.807) is 24.3 Å². The highest BCUT2D eigenvalue weighted by atomic mass is 35.5. The normalized spacial score (nSPS) is 27.4. The summed E-state index contributed by atoms with van der Waals surface area (Å²) < 4.78 is 0. The van der Waals surface area contributed by atoms with E-state index in [0.717, 1.165) is 0 Å². The molecule has 0 aliphatic heterocycles. The second-order valence-corrected chi connectivity index (χ2v) is 4.31. The molecule has 0 bridgehead atoms. The van der Waals surface area contributed by atoms with Crippen LogP contribution in [0.5, 0.6) is 0 Å². The van der Waals surface area contributed by atoms with Crippen LogP contribution < -0.4 is 0 Å². The average Bonchev–Trinajstić information content (AvgIpc) is 2.95. The van der Waals surface area contributed by atoms with Crippen LogP contribution in [-0.4, -0.2) is 22.2 Å². The summed E-state index contributed by atoms with van der Waals surface area (Å²) in [5, 5.41) is 18.5. The van der Waals surface area contributed by atoms with Gasteiger partial charge in [-0.05, 0) is 24.1 Å². The van der Waals surface area contributed by atoms with Crippen molar-refractivity contribution in [3.05, 3.63) is 34.9 Å². The van der Waals surface area contributed by atoms with Crippen molar-refractivity contribution in [1.29, 1.82) is 0 Å². The summed E-state index contributed by atoms with van der Waals surface area (Å²) in [4.78, 5) is 22.0. The number of benzene rings is 1. The Morgan fingerprint density at radius 2 is 1.81 bits per heavy atom. The Labute approximate surface area is 96.5 Å². The first-order valence-electron chi connectivity index (χ1n) is 4.70. The molecule has 1 aliphatic rings. The van der Waals surface area contributed by atoms with Gasteiger partial charge in [-0.15, -0.1) is 0 Å². The number of carboxylic acids is 2. The molecule has 0 spiro atoms. The Morgan fingerprint density at radius 1 is 1.25 bits per heavy atom. The van der Waals surface area contributed by atoms with Gasteiger partial charge in [0.1, 0.15) is 5.41 Å². The summed E-state index contributed by atoms with van der Waals surface area (Å²) in [6.07, 6.45) is 0.138. The molecular weight excluding hydrogens is 232 g/mol. The van der Waals surface area contributed by atoms with Gasteiger partial charge >= 0.3 is 11.9 Å². The quantitative estimate of drug-likeness (QED) is 0.844. The number of carbonyl (C=O) groups is 2. The van der Waals surface area contributed by atoms with Crippen LogP contribution in [0, 0.1) is 5.92 Å². The summed E-state index contributed by atoms with van der Waals surface area (Å²) >= 11 is 5.70. The Kier molecular flexibility index (Phi) is 2.39. The molecule has 0 amide bonds. The summed E-state index contributed by atoms with van der Waals surface area (Å²) in [6, 6.07) is 6.27. The monoisotopic (exact) mass is 240 g/mol. The van der Waals surface area contributed by atoms with E-state index in [9.17, 15) is 9.59 Å². The highest BCUT2D eigenvalue weighted by Gasteiger charge is 2.65. The molecule has 5 heteroatoms. The number of rotatable bonds is 3. The molecule has 2 atom stereocenters. The fraction of sp³-hybridized carbons (Fsp3) is 0.273. The highest BCUT2D eigenvalue weighted by molar-refractivity contribution is 6.30. The number of aliphatic carboxylic acids is 2. The Morgan fingerprint density at radius 3 is 2.19 bits per heavy atom. The molecule has 1 fully saturated rings. The Bertz CT molecular complexity index is 454. The van der Waals surface area contributed by atoms with E-state index < -0.39 is 23.3 Å². The third kappa shape index (κ3) is 1.46. The maximum absolute atomic E-state index is 11.2. The molecule has 1 aromatic carbocycles. The number of carboxylic acid groups (broad SMARTS) is 2. The van der Waals surface area contributed by atoms with Gasteiger partial charge in [-0.1, -0.05) is 23.7 Å². The molecule has 84 valence electrons. The molecule has 0 radical (unpaired) electrons. The van der Waals surface area contributed by atoms with E-state index in [0.29, 0.717) is 10.6 Å². The van der Waals surface area contributed by atoms with Crippen molar-refractivity contribution < 1.29 is 19.8 Å². The average molecular weight is 241 g/mol. The van der Waals surface area contributed by atoms with Crippen LogP contribution in [0.4, 0.5) is 0 Å². The molecule has 1 aromatic rings. The fourth-order valence-electron chi connectivity index (χ4n) is 1.99. The molecule has 1 saturated carbocycles. The topological polar surface area (TPSA) is 74.6 Å². The maximum Gasteiger partial charge on any atom is 0.315 e. The van der Waals surface area contributed by atoms with E-state index in [2.05, 4.69) is 0 Å². The van der Waals surface area contributed by atoms with Crippen LogP contribution in [0.2, 0.25) is 5.02 Å². The molecule has 0 saturated heterocycles. The van der Waals surface area contributed by atoms with E-state index >= 15 is 0 Å². The van der Waals surface area contributed by atoms with Crippen LogP contribution in [0.25, 0.3) is 0 Å². The first-order valence-corrected chi connectivity index (χ1v) is 5.08. The largest absolute Gasteiger partial charge is 0.481 e. The SMILES string of the molecule is O=C(O)C1CC1(C(=O)O)c1ccc(Cl)cc1. The van der Waals surface area contributed by atoms with E-state index in [4.69, 9.17) is 21.8 Å². The molecule has 2 unspecified atom stereocenters. The number of halogens is 1. The predicted octanol–water partition coefficient (Wildman–Crippen LogP) is 1.77. The minimum absolute atomic E-state index is 0.138. The first kappa shape index (κ1) is 11.0. The van der Waals surface area contributed by atoms with Gasteiger partial charge < -0.3 is 10.2 Å². The zero-order valence-corrected chi connectivity index (χ0v) is 8.94. The van der Waals surface area contributed by atoms with E-state index in [-0.39, 0.29) is 6.42 Å². The number of hydrogen-bond donors (Lipinski definition) is 2. The number of hydrogen-bond acceptors (Lipinski definition) is 2. The van der Waals surface area contributed by atoms with Gasteiger partial charge in [0, 0.05) is 5.02 Å². The second-order valence-electron chi connectivity index (χ2n) is 3.88. The van der Waals surface area contributed by atoms with Gasteiger partial charge in [-0.2, -0.15) is 0 Å². The Hall–Kier alpha value is -1.55. The van der Waals surface area contributed by atoms with Crippen LogP contribution >= 0.6 is 11.6 Å². The second kappa shape index (κ2) is 3.49. The summed E-state index contributed by atoms with van der Waals surface area (Å²) in [6.45, 7) is 0. The zero-order chi connectivity index (χ0) is 11.9. The van der Waals surface area contributed by atoms with Crippen LogP contribution in [0.15, 0.2) is 24.3 Å². The lowest BCUT2D eigenvalue weighted by Gasteiger charge is -2.11. The van der Waals surface area contributed by atoms with Gasteiger partial charge in [-0.3, -0.25) is 9.59 Å². The molecule has 2 rings (SSSR count). The van der Waals surface area contributed by atoms with Crippen molar-refractivity contribution in [2.75, 3.05) is 0 Å². The van der Waals surface area contributed by atoms with Gasteiger partial charge in [0.05, 0.1) is 5.92 Å². The van der Waals surface area contributed by atoms with Gasteiger partial charge in [0.2, 0.25) is 0 Å². The fourth-order valence-corrected chi connectivity index (χ4v) is 2.11. The molecule has 1 aliphatic carbocycles. The summed E-state index contributed by atoms with van der Waals surface area (Å²) in [5.41, 5.74) is -0.770. The predicted molar refractivity (Wildman–Crippen MR) is 56.5 cm³/mol. The minimum Gasteiger partial charge on any atom is -0.481 e. The van der Waals surface area contributed by atoms with Gasteiger partial charge in [0.25, 0.3) is 0 Å². The third-order valence-corrected chi connectivity index (χ3v) is 3.25. The maximum atomic E-state index is 11.2. The standard InChI is InChI=1S/C11H9ClO4/c12-7-3-1-6(2-4-7)11(10(15)16)5-8(11)9(13)14/h1-4,8H,5H2,(H,13,14)(H,15,16). The first-order chi connectivity index (χ1) is 7.48.